The molecule has 0 N–H and O–H groups in total. The van der Waals surface area contributed by atoms with E-state index in [4.69, 9.17) is 25.7 Å². The van der Waals surface area contributed by atoms with Crippen molar-refractivity contribution in [1.82, 2.24) is 9.29 Å². The van der Waals surface area contributed by atoms with Gasteiger partial charge in [-0.2, -0.15) is 4.31 Å². The van der Waals surface area contributed by atoms with E-state index in [2.05, 4.69) is 0 Å². The van der Waals surface area contributed by atoms with Crippen LogP contribution in [0.1, 0.15) is 25.5 Å². The van der Waals surface area contributed by atoms with Gasteiger partial charge >= 0.3 is 0 Å². The van der Waals surface area contributed by atoms with Crippen molar-refractivity contribution in [3.8, 4) is 5.75 Å². The minimum absolute atomic E-state index is 0.102. The van der Waals surface area contributed by atoms with Gasteiger partial charge in [-0.1, -0.05) is 22.9 Å². The van der Waals surface area contributed by atoms with Gasteiger partial charge in [0.2, 0.25) is 5.91 Å². The highest BCUT2D eigenvalue weighted by atomic mass is 35.5. The number of fused-ring (bicyclic) bond motifs is 1. The van der Waals surface area contributed by atoms with Crippen molar-refractivity contribution in [2.75, 3.05) is 24.6 Å². The van der Waals surface area contributed by atoms with Crippen LogP contribution >= 0.6 is 34.3 Å². The van der Waals surface area contributed by atoms with Gasteiger partial charge in [0.1, 0.15) is 15.7 Å². The molecular formula is C24H24ClN3O5S3. The topological polar surface area (TPSA) is 92.9 Å². The number of benzene rings is 1. The first-order valence-electron chi connectivity index (χ1n) is 11.5. The van der Waals surface area contributed by atoms with Crippen LogP contribution in [-0.4, -0.2) is 43.3 Å². The third-order valence-corrected chi connectivity index (χ3v) is 10.5. The molecule has 0 aliphatic carbocycles. The molecule has 4 aromatic rings. The fourth-order valence-electron chi connectivity index (χ4n) is 4.21. The molecule has 0 radical (unpaired) electrons. The Morgan fingerprint density at radius 2 is 2.14 bits per heavy atom. The molecule has 1 atom stereocenters. The van der Waals surface area contributed by atoms with Gasteiger partial charge in [-0.3, -0.25) is 9.69 Å². The summed E-state index contributed by atoms with van der Waals surface area (Å²) in [5.74, 6) is 0.668. The molecule has 4 heterocycles. The zero-order valence-corrected chi connectivity index (χ0v) is 22.6. The average Bonchev–Trinajstić information content (AvgIpc) is 3.63. The number of amides is 1. The quantitative estimate of drug-likeness (QED) is 0.274. The summed E-state index contributed by atoms with van der Waals surface area (Å²) in [7, 11) is -3.73. The molecule has 1 fully saturated rings. The van der Waals surface area contributed by atoms with Gasteiger partial charge in [0.15, 0.2) is 5.13 Å². The number of sulfonamides is 1. The summed E-state index contributed by atoms with van der Waals surface area (Å²) in [6.07, 6.45) is 2.73. The van der Waals surface area contributed by atoms with Gasteiger partial charge in [0.25, 0.3) is 10.0 Å². The minimum Gasteiger partial charge on any atom is -0.494 e. The lowest BCUT2D eigenvalue weighted by atomic mass is 9.98. The summed E-state index contributed by atoms with van der Waals surface area (Å²) in [5, 5.41) is 0.532. The maximum Gasteiger partial charge on any atom is 0.252 e. The Labute approximate surface area is 222 Å². The van der Waals surface area contributed by atoms with Crippen LogP contribution in [0.3, 0.4) is 0 Å². The lowest BCUT2D eigenvalue weighted by Gasteiger charge is -2.33. The van der Waals surface area contributed by atoms with Gasteiger partial charge in [0, 0.05) is 13.1 Å². The number of aromatic nitrogens is 1. The molecule has 0 saturated carbocycles. The molecule has 190 valence electrons. The molecule has 8 nitrogen and oxygen atoms in total. The van der Waals surface area contributed by atoms with E-state index in [1.54, 1.807) is 29.4 Å². The standard InChI is InChI=1S/C24H24ClN3O5S3/c1-2-32-17-7-8-19-20(13-17)34-24(26-19)28(15-18-6-4-12-33-18)23(29)16-5-3-11-27(14-16)36(30,31)22-10-9-21(25)35-22/h4,6-10,12-13,16H,2-3,5,11,14-15H2,1H3. The molecule has 5 rings (SSSR count). The monoisotopic (exact) mass is 565 g/mol. The number of ether oxygens (including phenoxy) is 1. The molecule has 12 heteroatoms. The van der Waals surface area contributed by atoms with Crippen LogP contribution in [0.25, 0.3) is 10.2 Å². The Kier molecular flexibility index (Phi) is 7.36. The van der Waals surface area contributed by atoms with Crippen LogP contribution < -0.4 is 9.64 Å². The summed E-state index contributed by atoms with van der Waals surface area (Å²) in [6.45, 7) is 3.14. The molecule has 0 bridgehead atoms. The largest absolute Gasteiger partial charge is 0.494 e. The maximum absolute atomic E-state index is 13.9. The second-order valence-electron chi connectivity index (χ2n) is 8.32. The molecular weight excluding hydrogens is 542 g/mol. The van der Waals surface area contributed by atoms with E-state index in [1.165, 1.54) is 21.7 Å². The van der Waals surface area contributed by atoms with Crippen LogP contribution in [0.5, 0.6) is 5.75 Å². The Bertz CT molecular complexity index is 1470. The second kappa shape index (κ2) is 10.5. The molecule has 1 aliphatic heterocycles. The number of halogens is 1. The van der Waals surface area contributed by atoms with Crippen molar-refractivity contribution in [2.45, 2.75) is 30.5 Å². The van der Waals surface area contributed by atoms with Gasteiger partial charge in [-0.15, -0.1) is 11.3 Å². The number of anilines is 1. The number of hydrogen-bond acceptors (Lipinski definition) is 8. The molecule has 0 spiro atoms. The lowest BCUT2D eigenvalue weighted by Crippen LogP contribution is -2.46. The first-order valence-corrected chi connectivity index (χ1v) is 14.9. The Morgan fingerprint density at radius 3 is 2.86 bits per heavy atom. The van der Waals surface area contributed by atoms with Crippen molar-refractivity contribution in [3.63, 3.8) is 0 Å². The number of carbonyl (C=O) groups is 1. The molecule has 1 aromatic carbocycles. The Hall–Kier alpha value is -2.44. The number of hydrogen-bond donors (Lipinski definition) is 0. The van der Waals surface area contributed by atoms with E-state index >= 15 is 0 Å². The zero-order chi connectivity index (χ0) is 25.3. The predicted octanol–water partition coefficient (Wildman–Crippen LogP) is 5.64. The number of piperidine rings is 1. The highest BCUT2D eigenvalue weighted by molar-refractivity contribution is 7.91. The lowest BCUT2D eigenvalue weighted by molar-refractivity contribution is -0.123. The van der Waals surface area contributed by atoms with Crippen molar-refractivity contribution in [1.29, 1.82) is 0 Å². The number of carbonyl (C=O) groups excluding carboxylic acids is 1. The average molecular weight is 566 g/mol. The molecule has 1 aliphatic rings. The van der Waals surface area contributed by atoms with E-state index in [9.17, 15) is 13.2 Å². The maximum atomic E-state index is 13.9. The molecule has 3 aromatic heterocycles. The third kappa shape index (κ3) is 5.16. The second-order valence-corrected chi connectivity index (χ2v) is 13.2. The number of thiazole rings is 1. The van der Waals surface area contributed by atoms with E-state index in [1.807, 2.05) is 25.1 Å². The molecule has 1 saturated heterocycles. The molecule has 1 amide bonds. The Balaban J connectivity index is 1.43. The van der Waals surface area contributed by atoms with Gasteiger partial charge in [0.05, 0.1) is 39.9 Å². The molecule has 1 unspecified atom stereocenters. The number of thiophene rings is 1. The van der Waals surface area contributed by atoms with E-state index in [0.29, 0.717) is 41.2 Å². The number of rotatable bonds is 8. The summed E-state index contributed by atoms with van der Waals surface area (Å²) < 4.78 is 40.4. The highest BCUT2D eigenvalue weighted by Gasteiger charge is 2.37. The van der Waals surface area contributed by atoms with E-state index in [0.717, 1.165) is 27.3 Å². The van der Waals surface area contributed by atoms with Gasteiger partial charge in [-0.25, -0.2) is 13.4 Å². The minimum atomic E-state index is -3.73. The van der Waals surface area contributed by atoms with Crippen LogP contribution in [-0.2, 0) is 21.4 Å². The first-order chi connectivity index (χ1) is 17.3. The predicted molar refractivity (Wildman–Crippen MR) is 141 cm³/mol. The van der Waals surface area contributed by atoms with E-state index in [-0.39, 0.29) is 23.2 Å². The highest BCUT2D eigenvalue weighted by Crippen LogP contribution is 2.35. The smallest absolute Gasteiger partial charge is 0.252 e. The third-order valence-electron chi connectivity index (χ3n) is 5.93. The van der Waals surface area contributed by atoms with Crippen molar-refractivity contribution in [3.05, 3.63) is 58.8 Å². The number of nitrogens with zero attached hydrogens (tertiary/aromatic N) is 3. The van der Waals surface area contributed by atoms with Crippen molar-refractivity contribution < 1.29 is 22.4 Å². The fraction of sp³-hybridized carbons (Fsp3) is 0.333. The van der Waals surface area contributed by atoms with Crippen LogP contribution in [0.4, 0.5) is 5.13 Å². The van der Waals surface area contributed by atoms with Crippen molar-refractivity contribution in [2.24, 2.45) is 5.92 Å². The zero-order valence-electron chi connectivity index (χ0n) is 19.4. The summed E-state index contributed by atoms with van der Waals surface area (Å²) in [6, 6.07) is 12.3. The summed E-state index contributed by atoms with van der Waals surface area (Å²) >= 11 is 8.39. The molecule has 36 heavy (non-hydrogen) atoms. The van der Waals surface area contributed by atoms with Crippen LogP contribution in [0.15, 0.2) is 57.4 Å². The van der Waals surface area contributed by atoms with Crippen LogP contribution in [0, 0.1) is 5.92 Å². The first kappa shape index (κ1) is 25.2. The Morgan fingerprint density at radius 1 is 1.28 bits per heavy atom. The van der Waals surface area contributed by atoms with Gasteiger partial charge in [-0.05, 0) is 62.2 Å². The van der Waals surface area contributed by atoms with E-state index < -0.39 is 15.9 Å². The number of furan rings is 1. The normalized spacial score (nSPS) is 16.9. The SMILES string of the molecule is CCOc1ccc2nc(N(Cc3ccco3)C(=O)C3CCCN(S(=O)(=O)c4ccc(Cl)s4)C3)sc2c1. The van der Waals surface area contributed by atoms with Gasteiger partial charge < -0.3 is 9.15 Å². The summed E-state index contributed by atoms with van der Waals surface area (Å²) in [5.41, 5.74) is 0.762. The fourth-order valence-corrected chi connectivity index (χ4v) is 8.37. The summed E-state index contributed by atoms with van der Waals surface area (Å²) in [4.78, 5) is 20.2. The van der Waals surface area contributed by atoms with Crippen LogP contribution in [0.2, 0.25) is 4.34 Å². The van der Waals surface area contributed by atoms with Crippen molar-refractivity contribution >= 4 is 65.6 Å².